The van der Waals surface area contributed by atoms with E-state index in [0.717, 1.165) is 5.56 Å². The van der Waals surface area contributed by atoms with E-state index in [2.05, 4.69) is 0 Å². The predicted molar refractivity (Wildman–Crippen MR) is 62.7 cm³/mol. The Morgan fingerprint density at radius 2 is 2.22 bits per heavy atom. The van der Waals surface area contributed by atoms with Gasteiger partial charge in [0.05, 0.1) is 4.92 Å². The number of hydrogen-bond acceptors (Lipinski definition) is 4. The van der Waals surface area contributed by atoms with Crippen molar-refractivity contribution in [3.8, 4) is 5.75 Å². The second-order valence-electron chi connectivity index (χ2n) is 4.35. The third-order valence-corrected chi connectivity index (χ3v) is 3.21. The monoisotopic (exact) mass is 246 g/mol. The standard InChI is InChI=1S/C12H10N2O4/c1-13-5-10-8(12(13)15)2-3-11-9(10)4-7(6-18-11)14(16)17/h2-4H,5-6H2,1H3. The van der Waals surface area contributed by atoms with Gasteiger partial charge in [0.1, 0.15) is 5.75 Å². The van der Waals surface area contributed by atoms with E-state index in [0.29, 0.717) is 23.4 Å². The van der Waals surface area contributed by atoms with Crippen LogP contribution in [0.4, 0.5) is 0 Å². The quantitative estimate of drug-likeness (QED) is 0.552. The van der Waals surface area contributed by atoms with Crippen molar-refractivity contribution in [3.05, 3.63) is 44.6 Å². The molecule has 0 N–H and O–H groups in total. The van der Waals surface area contributed by atoms with Gasteiger partial charge in [-0.25, -0.2) is 0 Å². The number of carbonyl (C=O) groups excluding carboxylic acids is 1. The normalized spacial score (nSPS) is 16.8. The van der Waals surface area contributed by atoms with Gasteiger partial charge in [-0.3, -0.25) is 14.9 Å². The smallest absolute Gasteiger partial charge is 0.284 e. The minimum atomic E-state index is -0.456. The number of fused-ring (bicyclic) bond motifs is 3. The summed E-state index contributed by atoms with van der Waals surface area (Å²) in [6.45, 7) is 0.421. The molecular weight excluding hydrogens is 236 g/mol. The van der Waals surface area contributed by atoms with Crippen LogP contribution >= 0.6 is 0 Å². The molecule has 0 bridgehead atoms. The Balaban J connectivity index is 2.18. The van der Waals surface area contributed by atoms with Gasteiger partial charge in [0.25, 0.3) is 11.6 Å². The highest BCUT2D eigenvalue weighted by molar-refractivity contribution is 5.99. The zero-order chi connectivity index (χ0) is 12.9. The van der Waals surface area contributed by atoms with Crippen LogP contribution in [0.25, 0.3) is 6.08 Å². The maximum Gasteiger partial charge on any atom is 0.284 e. The number of amides is 1. The van der Waals surface area contributed by atoms with Crippen molar-refractivity contribution in [2.24, 2.45) is 0 Å². The van der Waals surface area contributed by atoms with Crippen LogP contribution in [0.2, 0.25) is 0 Å². The first-order valence-corrected chi connectivity index (χ1v) is 5.47. The van der Waals surface area contributed by atoms with Crippen molar-refractivity contribution in [2.75, 3.05) is 13.7 Å². The molecule has 18 heavy (non-hydrogen) atoms. The summed E-state index contributed by atoms with van der Waals surface area (Å²) in [7, 11) is 1.70. The van der Waals surface area contributed by atoms with E-state index in [4.69, 9.17) is 4.74 Å². The van der Waals surface area contributed by atoms with E-state index in [-0.39, 0.29) is 18.2 Å². The molecule has 0 aromatic heterocycles. The summed E-state index contributed by atoms with van der Waals surface area (Å²) in [5, 5.41) is 10.8. The molecule has 1 amide bonds. The lowest BCUT2D eigenvalue weighted by Crippen LogP contribution is -2.17. The van der Waals surface area contributed by atoms with Crippen molar-refractivity contribution in [1.29, 1.82) is 0 Å². The summed E-state index contributed by atoms with van der Waals surface area (Å²) >= 11 is 0. The average Bonchev–Trinajstić information content (AvgIpc) is 2.65. The van der Waals surface area contributed by atoms with Crippen LogP contribution in [0, 0.1) is 10.1 Å². The van der Waals surface area contributed by atoms with E-state index in [9.17, 15) is 14.9 Å². The summed E-state index contributed by atoms with van der Waals surface area (Å²) in [6, 6.07) is 3.41. The number of nitrogens with zero attached hydrogens (tertiary/aromatic N) is 2. The molecule has 3 rings (SSSR count). The first-order chi connectivity index (χ1) is 8.58. The fourth-order valence-electron chi connectivity index (χ4n) is 2.28. The Kier molecular flexibility index (Phi) is 2.13. The van der Waals surface area contributed by atoms with Crippen molar-refractivity contribution in [1.82, 2.24) is 4.90 Å². The Morgan fingerprint density at radius 1 is 1.44 bits per heavy atom. The number of benzene rings is 1. The summed E-state index contributed by atoms with van der Waals surface area (Å²) in [5.41, 5.74) is 2.07. The van der Waals surface area contributed by atoms with Gasteiger partial charge in [0.2, 0.25) is 0 Å². The lowest BCUT2D eigenvalue weighted by Gasteiger charge is -2.15. The molecule has 1 aromatic carbocycles. The molecule has 2 aliphatic heterocycles. The molecule has 0 atom stereocenters. The van der Waals surface area contributed by atoms with Crippen LogP contribution in [0.3, 0.4) is 0 Å². The Labute approximate surface area is 103 Å². The molecule has 0 spiro atoms. The Morgan fingerprint density at radius 3 is 2.94 bits per heavy atom. The summed E-state index contributed by atoms with van der Waals surface area (Å²) < 4.78 is 5.35. The topological polar surface area (TPSA) is 72.7 Å². The third kappa shape index (κ3) is 1.38. The second-order valence-corrected chi connectivity index (χ2v) is 4.35. The SMILES string of the molecule is CN1Cc2c(ccc3c2C=C([N+](=O)[O-])CO3)C1=O. The maximum absolute atomic E-state index is 11.8. The summed E-state index contributed by atoms with van der Waals surface area (Å²) in [6.07, 6.45) is 1.50. The van der Waals surface area contributed by atoms with E-state index in [1.54, 1.807) is 24.1 Å². The molecule has 92 valence electrons. The minimum absolute atomic E-state index is 0.0119. The van der Waals surface area contributed by atoms with E-state index in [1.807, 2.05) is 0 Å². The molecule has 0 radical (unpaired) electrons. The molecular formula is C12H10N2O4. The van der Waals surface area contributed by atoms with Crippen molar-refractivity contribution in [3.63, 3.8) is 0 Å². The van der Waals surface area contributed by atoms with Crippen molar-refractivity contribution in [2.45, 2.75) is 6.54 Å². The highest BCUT2D eigenvalue weighted by Crippen LogP contribution is 2.35. The molecule has 2 aliphatic rings. The Bertz CT molecular complexity index is 606. The molecule has 2 heterocycles. The van der Waals surface area contributed by atoms with E-state index < -0.39 is 4.92 Å². The number of rotatable bonds is 1. The lowest BCUT2D eigenvalue weighted by atomic mass is 10.00. The second kappa shape index (κ2) is 3.56. The molecule has 0 saturated carbocycles. The van der Waals surface area contributed by atoms with Gasteiger partial charge < -0.3 is 9.64 Å². The van der Waals surface area contributed by atoms with Crippen LogP contribution in [0.1, 0.15) is 21.5 Å². The van der Waals surface area contributed by atoms with Crippen molar-refractivity contribution < 1.29 is 14.5 Å². The number of hydrogen-bond donors (Lipinski definition) is 0. The number of ether oxygens (including phenoxy) is 1. The first-order valence-electron chi connectivity index (χ1n) is 5.47. The van der Waals surface area contributed by atoms with Gasteiger partial charge in [-0.15, -0.1) is 0 Å². The largest absolute Gasteiger partial charge is 0.482 e. The van der Waals surface area contributed by atoms with E-state index >= 15 is 0 Å². The Hall–Kier alpha value is -2.37. The van der Waals surface area contributed by atoms with Crippen LogP contribution in [0.5, 0.6) is 5.75 Å². The molecule has 1 aromatic rings. The fraction of sp³-hybridized carbons (Fsp3) is 0.250. The molecule has 0 aliphatic carbocycles. The zero-order valence-electron chi connectivity index (χ0n) is 9.67. The predicted octanol–water partition coefficient (Wildman–Crippen LogP) is 1.28. The average molecular weight is 246 g/mol. The third-order valence-electron chi connectivity index (χ3n) is 3.21. The van der Waals surface area contributed by atoms with Gasteiger partial charge in [0, 0.05) is 30.8 Å². The first kappa shape index (κ1) is 10.8. The van der Waals surface area contributed by atoms with E-state index in [1.165, 1.54) is 6.08 Å². The molecule has 0 unspecified atom stereocenters. The molecule has 0 fully saturated rings. The highest BCUT2D eigenvalue weighted by atomic mass is 16.6. The van der Waals surface area contributed by atoms with Crippen molar-refractivity contribution >= 4 is 12.0 Å². The highest BCUT2D eigenvalue weighted by Gasteiger charge is 2.30. The van der Waals surface area contributed by atoms with Crippen LogP contribution in [0.15, 0.2) is 17.8 Å². The number of carbonyl (C=O) groups is 1. The number of nitro groups is 1. The fourth-order valence-corrected chi connectivity index (χ4v) is 2.28. The van der Waals surface area contributed by atoms with Gasteiger partial charge in [-0.05, 0) is 17.7 Å². The van der Waals surface area contributed by atoms with Crippen LogP contribution < -0.4 is 4.74 Å². The summed E-state index contributed by atoms with van der Waals surface area (Å²) in [4.78, 5) is 23.7. The molecule has 6 nitrogen and oxygen atoms in total. The summed E-state index contributed by atoms with van der Waals surface area (Å²) in [5.74, 6) is 0.539. The van der Waals surface area contributed by atoms with Gasteiger partial charge in [-0.2, -0.15) is 0 Å². The van der Waals surface area contributed by atoms with Crippen LogP contribution in [-0.2, 0) is 6.54 Å². The van der Waals surface area contributed by atoms with Gasteiger partial charge in [-0.1, -0.05) is 0 Å². The lowest BCUT2D eigenvalue weighted by molar-refractivity contribution is -0.427. The van der Waals surface area contributed by atoms with Crippen LogP contribution in [-0.4, -0.2) is 29.4 Å². The molecule has 6 heteroatoms. The maximum atomic E-state index is 11.8. The van der Waals surface area contributed by atoms with Gasteiger partial charge in [0.15, 0.2) is 6.61 Å². The zero-order valence-corrected chi connectivity index (χ0v) is 9.67. The minimum Gasteiger partial charge on any atom is -0.482 e. The molecule has 0 saturated heterocycles. The van der Waals surface area contributed by atoms with Gasteiger partial charge >= 0.3 is 0 Å².